The molecule has 0 spiro atoms. The predicted molar refractivity (Wildman–Crippen MR) is 117 cm³/mol. The van der Waals surface area contributed by atoms with Crippen molar-refractivity contribution < 1.29 is 9.18 Å². The number of likely N-dealkylation sites (tertiary alicyclic amines) is 1. The van der Waals surface area contributed by atoms with Gasteiger partial charge in [0.25, 0.3) is 0 Å². The first-order valence-electron chi connectivity index (χ1n) is 9.85. The SMILES string of the molecule is N/C(=C1\NC(c2ccc(F)cc2)=CS1)c1ccnc(NCCCN2CCCC2=O)n1. The number of amides is 1. The van der Waals surface area contributed by atoms with Gasteiger partial charge >= 0.3 is 0 Å². The van der Waals surface area contributed by atoms with E-state index in [0.29, 0.717) is 30.3 Å². The van der Waals surface area contributed by atoms with Gasteiger partial charge in [-0.3, -0.25) is 4.79 Å². The Morgan fingerprint density at radius 3 is 2.90 bits per heavy atom. The number of benzene rings is 1. The second-order valence-electron chi connectivity index (χ2n) is 7.05. The lowest BCUT2D eigenvalue weighted by atomic mass is 10.2. The first-order chi connectivity index (χ1) is 14.6. The van der Waals surface area contributed by atoms with Crippen LogP contribution in [0.2, 0.25) is 0 Å². The van der Waals surface area contributed by atoms with Crippen molar-refractivity contribution in [1.29, 1.82) is 0 Å². The molecule has 4 rings (SSSR count). The fraction of sp³-hybridized carbons (Fsp3) is 0.286. The molecule has 4 N–H and O–H groups in total. The van der Waals surface area contributed by atoms with E-state index in [1.807, 2.05) is 10.3 Å². The van der Waals surface area contributed by atoms with Crippen LogP contribution in [-0.2, 0) is 4.79 Å². The zero-order valence-electron chi connectivity index (χ0n) is 16.4. The summed E-state index contributed by atoms with van der Waals surface area (Å²) in [6, 6.07) is 8.05. The lowest BCUT2D eigenvalue weighted by molar-refractivity contribution is -0.127. The number of nitrogens with two attached hydrogens (primary N) is 1. The topological polar surface area (TPSA) is 96.2 Å². The summed E-state index contributed by atoms with van der Waals surface area (Å²) in [7, 11) is 0. The van der Waals surface area contributed by atoms with E-state index in [0.717, 1.165) is 42.2 Å². The van der Waals surface area contributed by atoms with Gasteiger partial charge in [-0.25, -0.2) is 14.4 Å². The Balaban J connectivity index is 1.35. The smallest absolute Gasteiger partial charge is 0.223 e. The first kappa shape index (κ1) is 20.2. The van der Waals surface area contributed by atoms with Gasteiger partial charge in [-0.1, -0.05) is 11.8 Å². The number of hydrogen-bond acceptors (Lipinski definition) is 7. The van der Waals surface area contributed by atoms with E-state index in [1.165, 1.54) is 23.9 Å². The van der Waals surface area contributed by atoms with Crippen LogP contribution >= 0.6 is 11.8 Å². The summed E-state index contributed by atoms with van der Waals surface area (Å²) < 4.78 is 13.1. The number of rotatable bonds is 7. The van der Waals surface area contributed by atoms with Gasteiger partial charge in [-0.05, 0) is 48.7 Å². The van der Waals surface area contributed by atoms with Gasteiger partial charge < -0.3 is 21.3 Å². The van der Waals surface area contributed by atoms with Crippen LogP contribution in [0.5, 0.6) is 0 Å². The lowest BCUT2D eigenvalue weighted by Gasteiger charge is -2.15. The van der Waals surface area contributed by atoms with Gasteiger partial charge in [0.2, 0.25) is 11.9 Å². The third kappa shape index (κ3) is 4.73. The molecule has 0 saturated carbocycles. The highest BCUT2D eigenvalue weighted by Crippen LogP contribution is 2.33. The molecule has 0 aliphatic carbocycles. The van der Waals surface area contributed by atoms with E-state index in [-0.39, 0.29) is 11.7 Å². The number of anilines is 1. The first-order valence-corrected chi connectivity index (χ1v) is 10.7. The summed E-state index contributed by atoms with van der Waals surface area (Å²) in [6.07, 6.45) is 4.11. The molecule has 30 heavy (non-hydrogen) atoms. The number of carbonyl (C=O) groups excluding carboxylic acids is 1. The highest BCUT2D eigenvalue weighted by molar-refractivity contribution is 8.06. The minimum Gasteiger partial charge on any atom is -0.395 e. The van der Waals surface area contributed by atoms with Crippen LogP contribution in [0.25, 0.3) is 11.4 Å². The molecule has 1 aromatic carbocycles. The zero-order valence-corrected chi connectivity index (χ0v) is 17.2. The van der Waals surface area contributed by atoms with Crippen molar-refractivity contribution in [3.8, 4) is 0 Å². The minimum atomic E-state index is -0.270. The molecule has 9 heteroatoms. The molecule has 1 amide bonds. The van der Waals surface area contributed by atoms with Crippen molar-refractivity contribution in [3.05, 3.63) is 64.0 Å². The third-order valence-corrected chi connectivity index (χ3v) is 5.84. The Morgan fingerprint density at radius 2 is 2.13 bits per heavy atom. The van der Waals surface area contributed by atoms with Gasteiger partial charge in [-0.15, -0.1) is 0 Å². The molecule has 0 radical (unpaired) electrons. The van der Waals surface area contributed by atoms with Gasteiger partial charge in [0, 0.05) is 37.7 Å². The number of hydrogen-bond donors (Lipinski definition) is 3. The highest BCUT2D eigenvalue weighted by atomic mass is 32.2. The molecule has 0 bridgehead atoms. The van der Waals surface area contributed by atoms with Crippen molar-refractivity contribution in [2.45, 2.75) is 19.3 Å². The van der Waals surface area contributed by atoms with E-state index >= 15 is 0 Å². The molecular weight excluding hydrogens is 403 g/mol. The molecule has 156 valence electrons. The molecule has 0 atom stereocenters. The van der Waals surface area contributed by atoms with Crippen LogP contribution in [0.3, 0.4) is 0 Å². The number of carbonyl (C=O) groups is 1. The largest absolute Gasteiger partial charge is 0.395 e. The fourth-order valence-electron chi connectivity index (χ4n) is 3.32. The Morgan fingerprint density at radius 1 is 1.30 bits per heavy atom. The molecule has 3 heterocycles. The molecule has 2 aliphatic rings. The molecule has 0 unspecified atom stereocenters. The average molecular weight is 427 g/mol. The summed E-state index contributed by atoms with van der Waals surface area (Å²) >= 11 is 1.46. The van der Waals surface area contributed by atoms with Crippen molar-refractivity contribution in [2.24, 2.45) is 5.73 Å². The van der Waals surface area contributed by atoms with E-state index in [9.17, 15) is 9.18 Å². The van der Waals surface area contributed by atoms with E-state index in [1.54, 1.807) is 24.4 Å². The summed E-state index contributed by atoms with van der Waals surface area (Å²) in [4.78, 5) is 22.3. The summed E-state index contributed by atoms with van der Waals surface area (Å²) in [5.41, 5.74) is 9.20. The Hall–Kier alpha value is -3.07. The third-order valence-electron chi connectivity index (χ3n) is 4.93. The number of halogens is 1. The second kappa shape index (κ2) is 9.17. The van der Waals surface area contributed by atoms with Crippen LogP contribution in [0.15, 0.2) is 47.0 Å². The number of aromatic nitrogens is 2. The molecule has 1 saturated heterocycles. The molecular formula is C21H23FN6OS. The summed E-state index contributed by atoms with van der Waals surface area (Å²) in [5, 5.41) is 9.18. The monoisotopic (exact) mass is 426 g/mol. The Bertz CT molecular complexity index is 991. The number of nitrogens with zero attached hydrogens (tertiary/aromatic N) is 3. The molecule has 7 nitrogen and oxygen atoms in total. The summed E-state index contributed by atoms with van der Waals surface area (Å²) in [5.74, 6) is 0.467. The fourth-order valence-corrected chi connectivity index (χ4v) is 4.15. The van der Waals surface area contributed by atoms with Gasteiger partial charge in [0.1, 0.15) is 10.8 Å². The maximum absolute atomic E-state index is 13.1. The maximum Gasteiger partial charge on any atom is 0.223 e. The highest BCUT2D eigenvalue weighted by Gasteiger charge is 2.19. The van der Waals surface area contributed by atoms with Gasteiger partial charge in [0.05, 0.1) is 17.1 Å². The molecule has 1 fully saturated rings. The van der Waals surface area contributed by atoms with Crippen molar-refractivity contribution in [1.82, 2.24) is 20.2 Å². The Labute approximate surface area is 178 Å². The van der Waals surface area contributed by atoms with Crippen molar-refractivity contribution in [2.75, 3.05) is 25.0 Å². The van der Waals surface area contributed by atoms with Crippen LogP contribution in [-0.4, -0.2) is 40.4 Å². The van der Waals surface area contributed by atoms with Crippen LogP contribution in [0, 0.1) is 5.82 Å². The summed E-state index contributed by atoms with van der Waals surface area (Å²) in [6.45, 7) is 2.27. The van der Waals surface area contributed by atoms with E-state index < -0.39 is 0 Å². The standard InChI is InChI=1S/C21H23FN6OS/c22-15-6-4-14(5-7-15)17-13-30-20(26-17)19(23)16-8-10-25-21(27-16)24-9-2-12-28-11-1-3-18(28)29/h4-8,10,13,26H,1-3,9,11-12,23H2,(H,24,25,27)/b20-19+. The van der Waals surface area contributed by atoms with E-state index in [4.69, 9.17) is 5.73 Å². The molecule has 2 aliphatic heterocycles. The second-order valence-corrected chi connectivity index (χ2v) is 7.93. The predicted octanol–water partition coefficient (Wildman–Crippen LogP) is 2.96. The minimum absolute atomic E-state index is 0.239. The quantitative estimate of drug-likeness (QED) is 0.586. The molecule has 2 aromatic rings. The lowest BCUT2D eigenvalue weighted by Crippen LogP contribution is -2.27. The number of thioether (sulfide) groups is 1. The van der Waals surface area contributed by atoms with Gasteiger partial charge in [0.15, 0.2) is 0 Å². The maximum atomic E-state index is 13.1. The van der Waals surface area contributed by atoms with E-state index in [2.05, 4.69) is 20.6 Å². The van der Waals surface area contributed by atoms with Crippen LogP contribution < -0.4 is 16.4 Å². The number of nitrogens with one attached hydrogen (secondary N) is 2. The zero-order chi connectivity index (χ0) is 20.9. The molecule has 1 aromatic heterocycles. The van der Waals surface area contributed by atoms with Crippen LogP contribution in [0.4, 0.5) is 10.3 Å². The average Bonchev–Trinajstić information content (AvgIpc) is 3.41. The van der Waals surface area contributed by atoms with Gasteiger partial charge in [-0.2, -0.15) is 0 Å². The van der Waals surface area contributed by atoms with Crippen LogP contribution in [0.1, 0.15) is 30.5 Å². The normalized spacial score (nSPS) is 17.7. The van der Waals surface area contributed by atoms with Crippen molar-refractivity contribution in [3.63, 3.8) is 0 Å². The van der Waals surface area contributed by atoms with Crippen molar-refractivity contribution >= 4 is 35.0 Å². The Kier molecular flexibility index (Phi) is 6.18.